The lowest BCUT2D eigenvalue weighted by Crippen LogP contribution is -2.61. The van der Waals surface area contributed by atoms with Gasteiger partial charge in [-0.3, -0.25) is 4.79 Å². The van der Waals surface area contributed by atoms with E-state index in [0.717, 1.165) is 49.4 Å². The van der Waals surface area contributed by atoms with Crippen molar-refractivity contribution in [3.8, 4) is 0 Å². The van der Waals surface area contributed by atoms with Crippen molar-refractivity contribution in [2.24, 2.45) is 29.1 Å². The molecule has 4 nitrogen and oxygen atoms in total. The van der Waals surface area contributed by atoms with Gasteiger partial charge in [-0.25, -0.2) is 0 Å². The summed E-state index contributed by atoms with van der Waals surface area (Å²) in [5, 5.41) is 12.0. The van der Waals surface area contributed by atoms with Crippen molar-refractivity contribution in [3.63, 3.8) is 0 Å². The van der Waals surface area contributed by atoms with Crippen LogP contribution in [0.1, 0.15) is 69.8 Å². The van der Waals surface area contributed by atoms with Crippen molar-refractivity contribution in [2.45, 2.75) is 75.6 Å². The molecule has 0 aromatic heterocycles. The number of ether oxygens (including phenoxy) is 2. The van der Waals surface area contributed by atoms with Crippen LogP contribution < -0.4 is 0 Å². The maximum atomic E-state index is 13.1. The predicted molar refractivity (Wildman–Crippen MR) is 120 cm³/mol. The topological polar surface area (TPSA) is 55.8 Å². The normalized spacial score (nSPS) is 45.9. The number of carbonyl (C=O) groups excluding carboxylic acids is 1. The van der Waals surface area contributed by atoms with E-state index in [9.17, 15) is 9.90 Å². The predicted octanol–water partition coefficient (Wildman–Crippen LogP) is 5.22. The van der Waals surface area contributed by atoms with Gasteiger partial charge in [-0.2, -0.15) is 0 Å². The Kier molecular flexibility index (Phi) is 4.79. The van der Waals surface area contributed by atoms with Crippen molar-refractivity contribution in [1.29, 1.82) is 0 Å². The average molecular weight is 489 g/mol. The molecule has 4 unspecified atom stereocenters. The molecule has 5 fully saturated rings. The third-order valence-corrected chi connectivity index (χ3v) is 10.4. The molecule has 1 aliphatic heterocycles. The maximum Gasteiger partial charge on any atom is 0.171 e. The molecule has 1 aromatic carbocycles. The number of ketones is 1. The molecule has 1 heterocycles. The van der Waals surface area contributed by atoms with Crippen LogP contribution in [0, 0.1) is 29.1 Å². The first-order valence-corrected chi connectivity index (χ1v) is 12.9. The Morgan fingerprint density at radius 2 is 1.77 bits per heavy atom. The van der Waals surface area contributed by atoms with Crippen LogP contribution >= 0.6 is 15.9 Å². The Bertz CT molecular complexity index is 878. The fraction of sp³-hybridized carbons (Fsp3) is 0.731. The largest absolute Gasteiger partial charge is 0.389 e. The molecule has 5 heteroatoms. The first-order valence-electron chi connectivity index (χ1n) is 12.1. The summed E-state index contributed by atoms with van der Waals surface area (Å²) in [5.74, 6) is 1.87. The molecule has 0 bridgehead atoms. The van der Waals surface area contributed by atoms with Gasteiger partial charge < -0.3 is 14.6 Å². The third-order valence-electron chi connectivity index (χ3n) is 9.85. The van der Waals surface area contributed by atoms with Gasteiger partial charge in [0.25, 0.3) is 0 Å². The van der Waals surface area contributed by atoms with Crippen LogP contribution in [0.3, 0.4) is 0 Å². The number of carbonyl (C=O) groups is 1. The van der Waals surface area contributed by atoms with E-state index in [-0.39, 0.29) is 11.3 Å². The molecule has 1 spiro atoms. The number of rotatable bonds is 1. The Hall–Kier alpha value is -0.750. The summed E-state index contributed by atoms with van der Waals surface area (Å²) in [6.07, 6.45) is 6.92. The molecule has 168 valence electrons. The van der Waals surface area contributed by atoms with Crippen LogP contribution in [0.15, 0.2) is 28.7 Å². The van der Waals surface area contributed by atoms with E-state index in [1.54, 1.807) is 0 Å². The second kappa shape index (κ2) is 7.12. The Morgan fingerprint density at radius 3 is 2.52 bits per heavy atom. The molecule has 7 atom stereocenters. The molecule has 4 saturated carbocycles. The highest BCUT2D eigenvalue weighted by Gasteiger charge is 2.64. The number of benzene rings is 1. The van der Waals surface area contributed by atoms with Crippen LogP contribution in [0.25, 0.3) is 0 Å². The van der Waals surface area contributed by atoms with Crippen LogP contribution in [0.4, 0.5) is 0 Å². The summed E-state index contributed by atoms with van der Waals surface area (Å²) in [6.45, 7) is 3.51. The van der Waals surface area contributed by atoms with E-state index in [0.29, 0.717) is 49.1 Å². The first kappa shape index (κ1) is 20.8. The van der Waals surface area contributed by atoms with E-state index < -0.39 is 11.4 Å². The number of hydrogen-bond acceptors (Lipinski definition) is 4. The SMILES string of the molecule is C[C@]12C[C@H](c3ccc(Br)cc3)C3C(CC[C@@]4(O)CC5(CCC34)OCCO5)C1CCC2=O. The number of fused-ring (bicyclic) bond motifs is 5. The zero-order chi connectivity index (χ0) is 21.4. The molecule has 0 radical (unpaired) electrons. The number of aliphatic hydroxyl groups is 1. The van der Waals surface area contributed by atoms with Gasteiger partial charge >= 0.3 is 0 Å². The highest BCUT2D eigenvalue weighted by atomic mass is 79.9. The number of hydrogen-bond donors (Lipinski definition) is 1. The Morgan fingerprint density at radius 1 is 1.03 bits per heavy atom. The van der Waals surface area contributed by atoms with Crippen LogP contribution in [-0.2, 0) is 14.3 Å². The van der Waals surface area contributed by atoms with Crippen LogP contribution in [-0.4, -0.2) is 35.5 Å². The van der Waals surface area contributed by atoms with Crippen LogP contribution in [0.5, 0.6) is 0 Å². The van der Waals surface area contributed by atoms with Crippen molar-refractivity contribution in [3.05, 3.63) is 34.3 Å². The van der Waals surface area contributed by atoms with E-state index in [1.807, 2.05) is 0 Å². The zero-order valence-electron chi connectivity index (χ0n) is 18.3. The van der Waals surface area contributed by atoms with Crippen molar-refractivity contribution >= 4 is 21.7 Å². The highest BCUT2D eigenvalue weighted by molar-refractivity contribution is 9.10. The number of halogens is 1. The van der Waals surface area contributed by atoms with Crippen molar-refractivity contribution < 1.29 is 19.4 Å². The van der Waals surface area contributed by atoms with Crippen molar-refractivity contribution in [2.75, 3.05) is 13.2 Å². The van der Waals surface area contributed by atoms with Crippen LogP contribution in [0.2, 0.25) is 0 Å². The minimum Gasteiger partial charge on any atom is -0.389 e. The molecule has 1 saturated heterocycles. The lowest BCUT2D eigenvalue weighted by molar-refractivity contribution is -0.257. The minimum atomic E-state index is -0.728. The van der Waals surface area contributed by atoms with Gasteiger partial charge in [0, 0.05) is 29.2 Å². The Balaban J connectivity index is 1.40. The van der Waals surface area contributed by atoms with Gasteiger partial charge in [0.1, 0.15) is 5.78 Å². The molecular weight excluding hydrogens is 456 g/mol. The first-order chi connectivity index (χ1) is 14.8. The minimum absolute atomic E-state index is 0.206. The monoisotopic (exact) mass is 488 g/mol. The van der Waals surface area contributed by atoms with E-state index >= 15 is 0 Å². The lowest BCUT2D eigenvalue weighted by atomic mass is 9.45. The van der Waals surface area contributed by atoms with Crippen molar-refractivity contribution in [1.82, 2.24) is 0 Å². The third kappa shape index (κ3) is 3.06. The maximum absolute atomic E-state index is 13.1. The van der Waals surface area contributed by atoms with Gasteiger partial charge in [-0.1, -0.05) is 35.0 Å². The molecule has 0 amide bonds. The molecule has 4 aliphatic carbocycles. The van der Waals surface area contributed by atoms with E-state index in [1.165, 1.54) is 5.56 Å². The summed E-state index contributed by atoms with van der Waals surface area (Å²) < 4.78 is 13.1. The molecule has 6 rings (SSSR count). The summed E-state index contributed by atoms with van der Waals surface area (Å²) in [5.41, 5.74) is 0.394. The fourth-order valence-electron chi connectivity index (χ4n) is 8.55. The second-order valence-electron chi connectivity index (χ2n) is 11.2. The lowest BCUT2D eigenvalue weighted by Gasteiger charge is -2.61. The molecule has 31 heavy (non-hydrogen) atoms. The number of Topliss-reactive ketones (excluding diaryl/α,β-unsaturated/α-hetero) is 1. The second-order valence-corrected chi connectivity index (χ2v) is 12.1. The van der Waals surface area contributed by atoms with Gasteiger partial charge in [0.2, 0.25) is 0 Å². The standard InChI is InChI=1S/C26H33BrO4/c1-24-14-19(16-2-4-17(27)5-3-16)23-18(20(24)6-7-22(24)28)8-10-25(29)15-26(11-9-21(23)25)30-12-13-31-26/h2-5,18-21,23,29H,6-15H2,1H3/t18?,19-,20?,21?,23?,24+,25-/m1/s1. The zero-order valence-corrected chi connectivity index (χ0v) is 19.9. The van der Waals surface area contributed by atoms with E-state index in [4.69, 9.17) is 9.47 Å². The fourth-order valence-corrected chi connectivity index (χ4v) is 8.81. The summed E-state index contributed by atoms with van der Waals surface area (Å²) in [4.78, 5) is 13.1. The van der Waals surface area contributed by atoms with Gasteiger partial charge in [-0.05, 0) is 79.4 Å². The van der Waals surface area contributed by atoms with E-state index in [2.05, 4.69) is 47.1 Å². The molecule has 1 aromatic rings. The highest BCUT2D eigenvalue weighted by Crippen LogP contribution is 2.66. The van der Waals surface area contributed by atoms with Gasteiger partial charge in [-0.15, -0.1) is 0 Å². The molecule has 5 aliphatic rings. The van der Waals surface area contributed by atoms with Gasteiger partial charge in [0.15, 0.2) is 5.79 Å². The quantitative estimate of drug-likeness (QED) is 0.588. The summed E-state index contributed by atoms with van der Waals surface area (Å²) in [7, 11) is 0. The Labute approximate surface area is 193 Å². The molecular formula is C26H33BrO4. The molecule has 1 N–H and O–H groups in total. The summed E-state index contributed by atoms with van der Waals surface area (Å²) in [6, 6.07) is 8.72. The summed E-state index contributed by atoms with van der Waals surface area (Å²) >= 11 is 3.58. The van der Waals surface area contributed by atoms with Gasteiger partial charge in [0.05, 0.1) is 18.8 Å². The smallest absolute Gasteiger partial charge is 0.171 e. The average Bonchev–Trinajstić information content (AvgIpc) is 3.31.